The molecule has 0 aromatic heterocycles. The van der Waals surface area contributed by atoms with Gasteiger partial charge in [-0.15, -0.1) is 0 Å². The van der Waals surface area contributed by atoms with Crippen molar-refractivity contribution in [2.75, 3.05) is 13.2 Å². The van der Waals surface area contributed by atoms with E-state index >= 15 is 0 Å². The van der Waals surface area contributed by atoms with Gasteiger partial charge in [-0.2, -0.15) is 0 Å². The molecule has 5 heteroatoms. The maximum absolute atomic E-state index is 12.5. The van der Waals surface area contributed by atoms with E-state index in [1.807, 2.05) is 37.3 Å². The van der Waals surface area contributed by atoms with Gasteiger partial charge in [-0.3, -0.25) is 9.69 Å². The maximum atomic E-state index is 12.5. The summed E-state index contributed by atoms with van der Waals surface area (Å²) in [5.74, 6) is 0.000995. The van der Waals surface area contributed by atoms with Crippen molar-refractivity contribution in [2.24, 2.45) is 0 Å². The van der Waals surface area contributed by atoms with E-state index in [0.717, 1.165) is 25.0 Å². The molecule has 110 valence electrons. The Morgan fingerprint density at radius 3 is 2.86 bits per heavy atom. The second-order valence-electron chi connectivity index (χ2n) is 5.34. The van der Waals surface area contributed by atoms with Gasteiger partial charge in [0.15, 0.2) is 0 Å². The molecule has 3 nitrogen and oxygen atoms in total. The van der Waals surface area contributed by atoms with Crippen LogP contribution in [-0.4, -0.2) is 34.4 Å². The van der Waals surface area contributed by atoms with E-state index in [2.05, 4.69) is 0 Å². The standard InChI is InChI=1S/C16H17NO2S2/c1-11-4-6-12(7-5-11)9-14-15(18)17(16(20)21-14)10-13-3-2-8-19-13/h4-7,9,13H,2-3,8,10H2,1H3/b14-9+/t13-/m0/s1. The van der Waals surface area contributed by atoms with Crippen molar-refractivity contribution in [3.63, 3.8) is 0 Å². The summed E-state index contributed by atoms with van der Waals surface area (Å²) in [5.41, 5.74) is 2.23. The molecule has 3 rings (SSSR count). The predicted octanol–water partition coefficient (Wildman–Crippen LogP) is 3.38. The average molecular weight is 319 g/mol. The number of carbonyl (C=O) groups is 1. The topological polar surface area (TPSA) is 29.5 Å². The number of carbonyl (C=O) groups excluding carboxylic acids is 1. The van der Waals surface area contributed by atoms with Crippen molar-refractivity contribution in [3.8, 4) is 0 Å². The Balaban J connectivity index is 1.74. The second-order valence-corrected chi connectivity index (χ2v) is 7.01. The van der Waals surface area contributed by atoms with Gasteiger partial charge in [-0.25, -0.2) is 0 Å². The fourth-order valence-electron chi connectivity index (χ4n) is 2.46. The largest absolute Gasteiger partial charge is 0.376 e. The second kappa shape index (κ2) is 6.30. The molecule has 2 saturated heterocycles. The highest BCUT2D eigenvalue weighted by atomic mass is 32.2. The lowest BCUT2D eigenvalue weighted by atomic mass is 10.1. The number of ether oxygens (including phenoxy) is 1. The van der Waals surface area contributed by atoms with Crippen LogP contribution >= 0.6 is 24.0 Å². The lowest BCUT2D eigenvalue weighted by Crippen LogP contribution is -2.35. The van der Waals surface area contributed by atoms with Crippen LogP contribution in [0.1, 0.15) is 24.0 Å². The highest BCUT2D eigenvalue weighted by Crippen LogP contribution is 2.33. The van der Waals surface area contributed by atoms with E-state index in [9.17, 15) is 4.79 Å². The zero-order valence-corrected chi connectivity index (χ0v) is 13.5. The van der Waals surface area contributed by atoms with Crippen molar-refractivity contribution >= 4 is 40.3 Å². The smallest absolute Gasteiger partial charge is 0.266 e. The number of amides is 1. The molecule has 1 aromatic carbocycles. The van der Waals surface area contributed by atoms with Crippen LogP contribution in [0.3, 0.4) is 0 Å². The first-order valence-electron chi connectivity index (χ1n) is 7.07. The van der Waals surface area contributed by atoms with E-state index < -0.39 is 0 Å². The van der Waals surface area contributed by atoms with Crippen LogP contribution in [0.2, 0.25) is 0 Å². The molecule has 2 aliphatic heterocycles. The van der Waals surface area contributed by atoms with E-state index in [1.54, 1.807) is 4.90 Å². The summed E-state index contributed by atoms with van der Waals surface area (Å²) >= 11 is 6.72. The van der Waals surface area contributed by atoms with Crippen LogP contribution in [0.5, 0.6) is 0 Å². The quantitative estimate of drug-likeness (QED) is 0.631. The molecule has 0 spiro atoms. The summed E-state index contributed by atoms with van der Waals surface area (Å²) in [6.45, 7) is 3.42. The van der Waals surface area contributed by atoms with Crippen molar-refractivity contribution in [1.82, 2.24) is 4.90 Å². The Kier molecular flexibility index (Phi) is 4.42. The molecule has 0 unspecified atom stereocenters. The summed E-state index contributed by atoms with van der Waals surface area (Å²) in [6, 6.07) is 8.11. The fourth-order valence-corrected chi connectivity index (χ4v) is 3.74. The first kappa shape index (κ1) is 14.8. The summed E-state index contributed by atoms with van der Waals surface area (Å²) in [5, 5.41) is 0. The highest BCUT2D eigenvalue weighted by molar-refractivity contribution is 8.26. The van der Waals surface area contributed by atoms with Gasteiger partial charge < -0.3 is 4.74 Å². The molecule has 21 heavy (non-hydrogen) atoms. The maximum Gasteiger partial charge on any atom is 0.266 e. The number of hydrogen-bond acceptors (Lipinski definition) is 4. The van der Waals surface area contributed by atoms with E-state index in [-0.39, 0.29) is 12.0 Å². The van der Waals surface area contributed by atoms with Crippen molar-refractivity contribution < 1.29 is 9.53 Å². The van der Waals surface area contributed by atoms with Gasteiger partial charge >= 0.3 is 0 Å². The summed E-state index contributed by atoms with van der Waals surface area (Å²) in [6.07, 6.45) is 4.12. The number of thioether (sulfide) groups is 1. The van der Waals surface area contributed by atoms with Gasteiger partial charge in [0.2, 0.25) is 0 Å². The van der Waals surface area contributed by atoms with Crippen molar-refractivity contribution in [1.29, 1.82) is 0 Å². The predicted molar refractivity (Wildman–Crippen MR) is 90.0 cm³/mol. The van der Waals surface area contributed by atoms with E-state index in [1.165, 1.54) is 17.3 Å². The van der Waals surface area contributed by atoms with Crippen LogP contribution in [0.15, 0.2) is 29.2 Å². The zero-order chi connectivity index (χ0) is 14.8. The number of aryl methyl sites for hydroxylation is 1. The van der Waals surface area contributed by atoms with Crippen LogP contribution in [0, 0.1) is 6.92 Å². The van der Waals surface area contributed by atoms with Gasteiger partial charge in [0.05, 0.1) is 17.6 Å². The molecular formula is C16H17NO2S2. The molecule has 0 aliphatic carbocycles. The number of thiocarbonyl (C=S) groups is 1. The average Bonchev–Trinajstić information content (AvgIpc) is 3.06. The molecule has 2 aliphatic rings. The van der Waals surface area contributed by atoms with Crippen LogP contribution in [-0.2, 0) is 9.53 Å². The lowest BCUT2D eigenvalue weighted by Gasteiger charge is -2.18. The SMILES string of the molecule is Cc1ccc(/C=C2/SC(=S)N(C[C@@H]3CCCO3)C2=O)cc1. The minimum Gasteiger partial charge on any atom is -0.376 e. The fraction of sp³-hybridized carbons (Fsp3) is 0.375. The Morgan fingerprint density at radius 2 is 2.19 bits per heavy atom. The monoisotopic (exact) mass is 319 g/mol. The Hall–Kier alpha value is -1.17. The first-order chi connectivity index (χ1) is 10.1. The minimum absolute atomic E-state index is 0.000995. The number of hydrogen-bond donors (Lipinski definition) is 0. The number of nitrogens with zero attached hydrogens (tertiary/aromatic N) is 1. The molecule has 0 radical (unpaired) electrons. The summed E-state index contributed by atoms with van der Waals surface area (Å²) < 4.78 is 6.23. The highest BCUT2D eigenvalue weighted by Gasteiger charge is 2.34. The van der Waals surface area contributed by atoms with Gasteiger partial charge in [0.1, 0.15) is 4.32 Å². The number of rotatable bonds is 3. The third kappa shape index (κ3) is 3.36. The lowest BCUT2D eigenvalue weighted by molar-refractivity contribution is -0.123. The molecule has 1 amide bonds. The van der Waals surface area contributed by atoms with Crippen molar-refractivity contribution in [3.05, 3.63) is 40.3 Å². The molecular weight excluding hydrogens is 302 g/mol. The van der Waals surface area contributed by atoms with E-state index in [4.69, 9.17) is 17.0 Å². The van der Waals surface area contributed by atoms with E-state index in [0.29, 0.717) is 15.8 Å². The zero-order valence-electron chi connectivity index (χ0n) is 11.9. The van der Waals surface area contributed by atoms with Gasteiger partial charge in [-0.05, 0) is 31.4 Å². The Labute approximate surface area is 134 Å². The minimum atomic E-state index is 0.000995. The normalized spacial score (nSPS) is 24.3. The third-order valence-corrected chi connectivity index (χ3v) is 5.04. The van der Waals surface area contributed by atoms with Crippen LogP contribution in [0.25, 0.3) is 6.08 Å². The first-order valence-corrected chi connectivity index (χ1v) is 8.29. The van der Waals surface area contributed by atoms with Gasteiger partial charge in [-0.1, -0.05) is 53.8 Å². The molecule has 0 bridgehead atoms. The summed E-state index contributed by atoms with van der Waals surface area (Å²) in [4.78, 5) is 14.8. The molecule has 0 N–H and O–H groups in total. The molecule has 1 aromatic rings. The third-order valence-electron chi connectivity index (χ3n) is 3.66. The Bertz CT molecular complexity index is 589. The van der Waals surface area contributed by atoms with Crippen molar-refractivity contribution in [2.45, 2.75) is 25.9 Å². The van der Waals surface area contributed by atoms with Gasteiger partial charge in [0, 0.05) is 6.61 Å². The van der Waals surface area contributed by atoms with Crippen LogP contribution < -0.4 is 0 Å². The Morgan fingerprint density at radius 1 is 1.43 bits per heavy atom. The van der Waals surface area contributed by atoms with Crippen LogP contribution in [0.4, 0.5) is 0 Å². The van der Waals surface area contributed by atoms with Gasteiger partial charge in [0.25, 0.3) is 5.91 Å². The molecule has 1 atom stereocenters. The molecule has 2 fully saturated rings. The molecule has 0 saturated carbocycles. The number of benzene rings is 1. The molecule has 2 heterocycles. The summed E-state index contributed by atoms with van der Waals surface area (Å²) in [7, 11) is 0.